The molecule has 0 aromatic heterocycles. The minimum atomic E-state index is -1.42. The van der Waals surface area contributed by atoms with E-state index in [-0.39, 0.29) is 77.0 Å². The summed E-state index contributed by atoms with van der Waals surface area (Å²) < 4.78 is 0. The lowest BCUT2D eigenvalue weighted by Gasteiger charge is -2.28. The summed E-state index contributed by atoms with van der Waals surface area (Å²) in [7, 11) is 0. The van der Waals surface area contributed by atoms with Crippen molar-refractivity contribution in [1.29, 1.82) is 0 Å². The molecule has 18 nitrogen and oxygen atoms in total. The summed E-state index contributed by atoms with van der Waals surface area (Å²) in [5.74, 6) is -4.98. The van der Waals surface area contributed by atoms with Gasteiger partial charge in [0.2, 0.25) is 41.4 Å². The molecule has 18 heteroatoms. The lowest BCUT2D eigenvalue weighted by molar-refractivity contribution is -0.136. The third-order valence-corrected chi connectivity index (χ3v) is 8.48. The van der Waals surface area contributed by atoms with Gasteiger partial charge in [0, 0.05) is 19.4 Å². The molecule has 0 aliphatic carbocycles. The van der Waals surface area contributed by atoms with Gasteiger partial charge in [-0.15, -0.1) is 0 Å². The van der Waals surface area contributed by atoms with E-state index in [1.807, 2.05) is 13.8 Å². The van der Waals surface area contributed by atoms with Gasteiger partial charge >= 0.3 is 0 Å². The van der Waals surface area contributed by atoms with Gasteiger partial charge in [0.1, 0.15) is 36.3 Å². The van der Waals surface area contributed by atoms with Crippen molar-refractivity contribution >= 4 is 41.4 Å². The Morgan fingerprint density at radius 1 is 0.623 bits per heavy atom. The van der Waals surface area contributed by atoms with E-state index in [1.165, 1.54) is 6.92 Å². The second-order valence-electron chi connectivity index (χ2n) is 13.5. The maximum absolute atomic E-state index is 13.9. The van der Waals surface area contributed by atoms with Crippen LogP contribution in [0.3, 0.4) is 0 Å². The molecular weight excluding hydrogens is 688 g/mol. The van der Waals surface area contributed by atoms with Gasteiger partial charge in [-0.05, 0) is 70.1 Å². The van der Waals surface area contributed by atoms with Crippen molar-refractivity contribution in [3.05, 3.63) is 35.9 Å². The van der Waals surface area contributed by atoms with Gasteiger partial charge in [0.15, 0.2) is 0 Å². The van der Waals surface area contributed by atoms with E-state index in [1.54, 1.807) is 30.3 Å². The van der Waals surface area contributed by atoms with Crippen LogP contribution < -0.4 is 54.4 Å². The molecule has 1 aromatic carbocycles. The van der Waals surface area contributed by atoms with Crippen LogP contribution in [0.2, 0.25) is 0 Å². The van der Waals surface area contributed by atoms with Crippen molar-refractivity contribution in [2.45, 2.75) is 108 Å². The summed E-state index contributed by atoms with van der Waals surface area (Å²) in [6, 6.07) is 1.56. The Morgan fingerprint density at radius 2 is 1.08 bits per heavy atom. The summed E-state index contributed by atoms with van der Waals surface area (Å²) >= 11 is 0. The summed E-state index contributed by atoms with van der Waals surface area (Å²) in [4.78, 5) is 94.0. The normalized spacial score (nSPS) is 25.5. The topological polar surface area (TPSA) is 302 Å². The van der Waals surface area contributed by atoms with E-state index in [9.17, 15) is 38.7 Å². The van der Waals surface area contributed by atoms with E-state index in [2.05, 4.69) is 37.2 Å². The zero-order valence-corrected chi connectivity index (χ0v) is 30.8. The van der Waals surface area contributed by atoms with E-state index >= 15 is 0 Å². The lowest BCUT2D eigenvalue weighted by atomic mass is 10.00. The highest BCUT2D eigenvalue weighted by Gasteiger charge is 2.34. The molecule has 1 heterocycles. The number of amides is 7. The van der Waals surface area contributed by atoms with E-state index in [0.29, 0.717) is 5.56 Å². The summed E-state index contributed by atoms with van der Waals surface area (Å²) in [5, 5.41) is 28.6. The van der Waals surface area contributed by atoms with Crippen molar-refractivity contribution in [1.82, 2.24) is 37.2 Å². The Labute approximate surface area is 310 Å². The SMILES string of the molecule is CC(C)C[C@@H]1NC(=O)[C@@H](Cc2ccccc2)NC(=O)[C@H](CCN)NC(=O)CCCNC(=O)C([C@@H](C)O)NC(=O)[C@H](CCN)NC(=O)[C@H](CCN)NC1=O. The highest BCUT2D eigenvalue weighted by Crippen LogP contribution is 2.10. The average Bonchev–Trinajstić information content (AvgIpc) is 3.10. The number of carbonyl (C=O) groups excluding carboxylic acids is 7. The molecule has 1 aliphatic heterocycles. The van der Waals surface area contributed by atoms with Gasteiger partial charge < -0.3 is 59.5 Å². The van der Waals surface area contributed by atoms with Gasteiger partial charge in [0.05, 0.1) is 6.10 Å². The van der Waals surface area contributed by atoms with Crippen LogP contribution in [0.5, 0.6) is 0 Å². The maximum Gasteiger partial charge on any atom is 0.245 e. The second kappa shape index (κ2) is 23.1. The van der Waals surface area contributed by atoms with Crippen LogP contribution in [0.15, 0.2) is 30.3 Å². The van der Waals surface area contributed by atoms with Gasteiger partial charge in [0.25, 0.3) is 0 Å². The Morgan fingerprint density at radius 3 is 1.58 bits per heavy atom. The van der Waals surface area contributed by atoms with Crippen LogP contribution in [-0.4, -0.2) is 115 Å². The molecule has 7 atom stereocenters. The second-order valence-corrected chi connectivity index (χ2v) is 13.5. The molecule has 1 aliphatic rings. The molecule has 1 aromatic rings. The number of carbonyl (C=O) groups is 7. The third-order valence-electron chi connectivity index (χ3n) is 8.48. The van der Waals surface area contributed by atoms with Crippen molar-refractivity contribution in [2.24, 2.45) is 23.1 Å². The molecule has 53 heavy (non-hydrogen) atoms. The van der Waals surface area contributed by atoms with Crippen LogP contribution >= 0.6 is 0 Å². The zero-order chi connectivity index (χ0) is 39.5. The first kappa shape index (κ1) is 44.5. The molecule has 1 unspecified atom stereocenters. The van der Waals surface area contributed by atoms with Crippen molar-refractivity contribution in [3.63, 3.8) is 0 Å². The predicted octanol–water partition coefficient (Wildman–Crippen LogP) is -3.48. The Hall–Kier alpha value is -4.65. The smallest absolute Gasteiger partial charge is 0.245 e. The highest BCUT2D eigenvalue weighted by molar-refractivity contribution is 5.97. The minimum Gasteiger partial charge on any atom is -0.391 e. The molecule has 1 saturated heterocycles. The van der Waals surface area contributed by atoms with Crippen LogP contribution in [0.1, 0.15) is 64.9 Å². The zero-order valence-electron chi connectivity index (χ0n) is 30.8. The number of aliphatic hydroxyl groups is 1. The quantitative estimate of drug-likeness (QED) is 0.106. The molecule has 14 N–H and O–H groups in total. The molecule has 0 spiro atoms. The largest absolute Gasteiger partial charge is 0.391 e. The number of hydrogen-bond donors (Lipinski definition) is 11. The Balaban J connectivity index is 2.54. The van der Waals surface area contributed by atoms with Gasteiger partial charge in [-0.2, -0.15) is 0 Å². The van der Waals surface area contributed by atoms with E-state index < -0.39 is 83.7 Å². The van der Waals surface area contributed by atoms with Crippen molar-refractivity contribution in [2.75, 3.05) is 26.2 Å². The van der Waals surface area contributed by atoms with Crippen molar-refractivity contribution < 1.29 is 38.7 Å². The first-order valence-corrected chi connectivity index (χ1v) is 18.1. The number of aliphatic hydroxyl groups excluding tert-OH is 1. The Kier molecular flexibility index (Phi) is 19.4. The average molecular weight is 747 g/mol. The third kappa shape index (κ3) is 15.5. The van der Waals surface area contributed by atoms with Crippen LogP contribution in [0, 0.1) is 5.92 Å². The number of hydrogen-bond acceptors (Lipinski definition) is 11. The molecule has 2 rings (SSSR count). The molecule has 296 valence electrons. The highest BCUT2D eigenvalue weighted by atomic mass is 16.3. The van der Waals surface area contributed by atoms with Crippen LogP contribution in [-0.2, 0) is 40.0 Å². The van der Waals surface area contributed by atoms with Crippen LogP contribution in [0.25, 0.3) is 0 Å². The first-order valence-electron chi connectivity index (χ1n) is 18.1. The predicted molar refractivity (Wildman–Crippen MR) is 196 cm³/mol. The summed E-state index contributed by atoms with van der Waals surface area (Å²) in [5.41, 5.74) is 18.0. The monoisotopic (exact) mass is 746 g/mol. The summed E-state index contributed by atoms with van der Waals surface area (Å²) in [6.45, 7) is 4.95. The van der Waals surface area contributed by atoms with E-state index in [4.69, 9.17) is 17.2 Å². The first-order chi connectivity index (χ1) is 25.2. The minimum absolute atomic E-state index is 0.0145. The van der Waals surface area contributed by atoms with Gasteiger partial charge in [-0.3, -0.25) is 33.6 Å². The Bertz CT molecular complexity index is 1380. The lowest BCUT2D eigenvalue weighted by Crippen LogP contribution is -2.61. The fourth-order valence-electron chi connectivity index (χ4n) is 5.65. The fourth-order valence-corrected chi connectivity index (χ4v) is 5.65. The maximum atomic E-state index is 13.9. The van der Waals surface area contributed by atoms with Crippen molar-refractivity contribution in [3.8, 4) is 0 Å². The fraction of sp³-hybridized carbons (Fsp3) is 0.629. The number of nitrogens with two attached hydrogens (primary N) is 3. The number of nitrogens with one attached hydrogen (secondary N) is 7. The molecule has 1 fully saturated rings. The molecule has 0 bridgehead atoms. The molecule has 0 saturated carbocycles. The molecular formula is C35H58N10O8. The van der Waals surface area contributed by atoms with E-state index in [0.717, 1.165) is 0 Å². The molecule has 0 radical (unpaired) electrons. The standard InChI is InChI=1S/C35H58N10O8/c1-20(2)18-26-33(51)42-24(12-15-37)31(49)41-25(13-16-38)32(50)45-29(21(3)46)35(53)39-17-7-10-28(47)40-23(11-14-36)30(48)44-27(34(52)43-26)19-22-8-5-4-6-9-22/h4-6,8-9,20-21,23-27,29,46H,7,10-19,36-38H2,1-3H3,(H,39,53)(H,40,47)(H,41,49)(H,42,51)(H,43,52)(H,44,48)(H,45,50)/t21-,23+,24+,25+,26+,27-,29?/m1/s1. The van der Waals surface area contributed by atoms with Crippen LogP contribution in [0.4, 0.5) is 0 Å². The van der Waals surface area contributed by atoms with Gasteiger partial charge in [-0.25, -0.2) is 0 Å². The number of benzene rings is 1. The van der Waals surface area contributed by atoms with Gasteiger partial charge in [-0.1, -0.05) is 44.2 Å². The molecule has 7 amide bonds. The number of rotatable bonds is 11. The summed E-state index contributed by atoms with van der Waals surface area (Å²) in [6.07, 6.45) is -1.12.